The number of halogens is 1. The molecule has 0 heterocycles. The van der Waals surface area contributed by atoms with Crippen LogP contribution in [0.5, 0.6) is 0 Å². The van der Waals surface area contributed by atoms with Crippen LogP contribution in [0.2, 0.25) is 5.02 Å². The topological polar surface area (TPSA) is 49.3 Å². The summed E-state index contributed by atoms with van der Waals surface area (Å²) in [5.41, 5.74) is 0.441. The summed E-state index contributed by atoms with van der Waals surface area (Å²) in [6.45, 7) is 0.116. The van der Waals surface area contributed by atoms with Crippen LogP contribution in [0.4, 0.5) is 0 Å². The van der Waals surface area contributed by atoms with Gasteiger partial charge in [0.15, 0.2) is 0 Å². The Labute approximate surface area is 123 Å². The van der Waals surface area contributed by atoms with E-state index in [0.29, 0.717) is 15.5 Å². The van der Waals surface area contributed by atoms with E-state index in [-0.39, 0.29) is 24.5 Å². The van der Waals surface area contributed by atoms with Crippen LogP contribution in [-0.4, -0.2) is 23.7 Å². The van der Waals surface area contributed by atoms with Crippen molar-refractivity contribution in [3.05, 3.63) is 28.8 Å². The fraction of sp³-hybridized carbons (Fsp3) is 0.500. The lowest BCUT2D eigenvalue weighted by atomic mass is 9.85. The highest BCUT2D eigenvalue weighted by molar-refractivity contribution is 7.80. The lowest BCUT2D eigenvalue weighted by Gasteiger charge is -2.31. The Balaban J connectivity index is 2.09. The van der Waals surface area contributed by atoms with Crippen LogP contribution in [0.25, 0.3) is 0 Å². The molecule has 2 unspecified atom stereocenters. The molecule has 0 saturated heterocycles. The van der Waals surface area contributed by atoms with E-state index in [1.165, 1.54) is 0 Å². The van der Waals surface area contributed by atoms with Crippen molar-refractivity contribution in [3.63, 3.8) is 0 Å². The summed E-state index contributed by atoms with van der Waals surface area (Å²) in [7, 11) is 0. The Morgan fingerprint density at radius 1 is 1.42 bits per heavy atom. The minimum Gasteiger partial charge on any atom is -0.396 e. The molecule has 0 bridgehead atoms. The van der Waals surface area contributed by atoms with Gasteiger partial charge in [-0.05, 0) is 31.0 Å². The lowest BCUT2D eigenvalue weighted by molar-refractivity contribution is 0.0872. The van der Waals surface area contributed by atoms with Crippen molar-refractivity contribution in [1.29, 1.82) is 0 Å². The zero-order valence-electron chi connectivity index (χ0n) is 10.6. The number of aliphatic hydroxyl groups excluding tert-OH is 1. The second kappa shape index (κ2) is 6.64. The van der Waals surface area contributed by atoms with E-state index in [1.807, 2.05) is 0 Å². The standard InChI is InChI=1S/C14H18ClNO2S/c15-12-6-5-10(19)7-11(12)14(18)16-13-4-2-1-3-9(13)8-17/h5-7,9,13,17,19H,1-4,8H2,(H,16,18). The lowest BCUT2D eigenvalue weighted by Crippen LogP contribution is -2.43. The third kappa shape index (κ3) is 3.65. The monoisotopic (exact) mass is 299 g/mol. The number of nitrogens with one attached hydrogen (secondary N) is 1. The molecule has 2 atom stereocenters. The molecule has 0 aromatic heterocycles. The van der Waals surface area contributed by atoms with E-state index in [1.54, 1.807) is 18.2 Å². The van der Waals surface area contributed by atoms with Gasteiger partial charge in [-0.2, -0.15) is 0 Å². The number of hydrogen-bond acceptors (Lipinski definition) is 3. The van der Waals surface area contributed by atoms with Gasteiger partial charge in [0.1, 0.15) is 0 Å². The van der Waals surface area contributed by atoms with Gasteiger partial charge in [-0.1, -0.05) is 24.4 Å². The van der Waals surface area contributed by atoms with E-state index in [9.17, 15) is 9.90 Å². The van der Waals surface area contributed by atoms with Gasteiger partial charge in [0.2, 0.25) is 0 Å². The summed E-state index contributed by atoms with van der Waals surface area (Å²) in [5.74, 6) is -0.0399. The molecule has 1 amide bonds. The molecule has 1 aromatic carbocycles. The van der Waals surface area contributed by atoms with Gasteiger partial charge in [-0.3, -0.25) is 4.79 Å². The number of thiol groups is 1. The first-order valence-electron chi connectivity index (χ1n) is 6.52. The average Bonchev–Trinajstić information content (AvgIpc) is 2.42. The van der Waals surface area contributed by atoms with Gasteiger partial charge in [-0.25, -0.2) is 0 Å². The van der Waals surface area contributed by atoms with Gasteiger partial charge in [0.05, 0.1) is 10.6 Å². The van der Waals surface area contributed by atoms with Crippen LogP contribution in [0, 0.1) is 5.92 Å². The third-order valence-corrected chi connectivity index (χ3v) is 4.26. The van der Waals surface area contributed by atoms with Crippen molar-refractivity contribution in [2.45, 2.75) is 36.6 Å². The van der Waals surface area contributed by atoms with E-state index >= 15 is 0 Å². The maximum Gasteiger partial charge on any atom is 0.253 e. The average molecular weight is 300 g/mol. The van der Waals surface area contributed by atoms with Crippen molar-refractivity contribution in [3.8, 4) is 0 Å². The Kier molecular flexibility index (Phi) is 5.13. The predicted octanol–water partition coefficient (Wildman–Crippen LogP) is 2.91. The zero-order valence-corrected chi connectivity index (χ0v) is 12.3. The van der Waals surface area contributed by atoms with E-state index < -0.39 is 0 Å². The number of aliphatic hydroxyl groups is 1. The maximum absolute atomic E-state index is 12.2. The van der Waals surface area contributed by atoms with E-state index in [0.717, 1.165) is 25.7 Å². The van der Waals surface area contributed by atoms with Gasteiger partial charge >= 0.3 is 0 Å². The summed E-state index contributed by atoms with van der Waals surface area (Å²) in [6.07, 6.45) is 4.07. The second-order valence-electron chi connectivity index (χ2n) is 4.97. The molecule has 3 nitrogen and oxygen atoms in total. The second-order valence-corrected chi connectivity index (χ2v) is 5.89. The highest BCUT2D eigenvalue weighted by Gasteiger charge is 2.26. The Morgan fingerprint density at radius 2 is 2.16 bits per heavy atom. The molecule has 5 heteroatoms. The highest BCUT2D eigenvalue weighted by Crippen LogP contribution is 2.25. The summed E-state index contributed by atoms with van der Waals surface area (Å²) in [5, 5.41) is 12.8. The molecule has 1 saturated carbocycles. The number of benzene rings is 1. The Bertz CT molecular complexity index is 467. The molecule has 0 aliphatic heterocycles. The Hall–Kier alpha value is -0.710. The SMILES string of the molecule is O=C(NC1CCCCC1CO)c1cc(S)ccc1Cl. The maximum atomic E-state index is 12.2. The molecule has 1 aliphatic carbocycles. The summed E-state index contributed by atoms with van der Waals surface area (Å²) < 4.78 is 0. The fourth-order valence-electron chi connectivity index (χ4n) is 2.55. The first-order chi connectivity index (χ1) is 9.11. The minimum absolute atomic E-state index is 0.0332. The molecule has 2 rings (SSSR count). The van der Waals surface area contributed by atoms with Gasteiger partial charge in [-0.15, -0.1) is 12.6 Å². The molecule has 2 N–H and O–H groups in total. The first kappa shape index (κ1) is 14.7. The third-order valence-electron chi connectivity index (χ3n) is 3.65. The number of rotatable bonds is 3. The van der Waals surface area contributed by atoms with Crippen molar-refractivity contribution < 1.29 is 9.90 Å². The van der Waals surface area contributed by atoms with Crippen LogP contribution in [-0.2, 0) is 0 Å². The summed E-state index contributed by atoms with van der Waals surface area (Å²) in [4.78, 5) is 12.9. The van der Waals surface area contributed by atoms with E-state index in [2.05, 4.69) is 17.9 Å². The molecule has 0 radical (unpaired) electrons. The first-order valence-corrected chi connectivity index (χ1v) is 7.34. The fourth-order valence-corrected chi connectivity index (χ4v) is 2.96. The quantitative estimate of drug-likeness (QED) is 0.752. The molecule has 104 valence electrons. The summed E-state index contributed by atoms with van der Waals surface area (Å²) in [6, 6.07) is 5.12. The Morgan fingerprint density at radius 3 is 2.89 bits per heavy atom. The smallest absolute Gasteiger partial charge is 0.253 e. The van der Waals surface area contributed by atoms with Gasteiger partial charge in [0.25, 0.3) is 5.91 Å². The molecular weight excluding hydrogens is 282 g/mol. The summed E-state index contributed by atoms with van der Waals surface area (Å²) >= 11 is 10.3. The minimum atomic E-state index is -0.189. The van der Waals surface area contributed by atoms with Crippen molar-refractivity contribution >= 4 is 30.1 Å². The van der Waals surface area contributed by atoms with Crippen LogP contribution < -0.4 is 5.32 Å². The number of carbonyl (C=O) groups is 1. The van der Waals surface area contributed by atoms with Crippen LogP contribution in [0.3, 0.4) is 0 Å². The molecule has 1 fully saturated rings. The largest absolute Gasteiger partial charge is 0.396 e. The number of amides is 1. The highest BCUT2D eigenvalue weighted by atomic mass is 35.5. The van der Waals surface area contributed by atoms with Crippen molar-refractivity contribution in [1.82, 2.24) is 5.32 Å². The van der Waals surface area contributed by atoms with Crippen LogP contribution in [0.1, 0.15) is 36.0 Å². The molecule has 1 aromatic rings. The number of hydrogen-bond donors (Lipinski definition) is 3. The van der Waals surface area contributed by atoms with E-state index in [4.69, 9.17) is 11.6 Å². The number of carbonyl (C=O) groups excluding carboxylic acids is 1. The molecule has 19 heavy (non-hydrogen) atoms. The van der Waals surface area contributed by atoms with Crippen molar-refractivity contribution in [2.24, 2.45) is 5.92 Å². The normalized spacial score (nSPS) is 23.1. The predicted molar refractivity (Wildman–Crippen MR) is 79.0 cm³/mol. The van der Waals surface area contributed by atoms with Crippen LogP contribution in [0.15, 0.2) is 23.1 Å². The van der Waals surface area contributed by atoms with Crippen molar-refractivity contribution in [2.75, 3.05) is 6.61 Å². The molecular formula is C14H18ClNO2S. The molecule has 0 spiro atoms. The van der Waals surface area contributed by atoms with Gasteiger partial charge < -0.3 is 10.4 Å². The van der Waals surface area contributed by atoms with Crippen LogP contribution >= 0.6 is 24.2 Å². The molecule has 1 aliphatic rings. The zero-order chi connectivity index (χ0) is 13.8. The van der Waals surface area contributed by atoms with Gasteiger partial charge in [0, 0.05) is 23.5 Å².